The van der Waals surface area contributed by atoms with E-state index in [-0.39, 0.29) is 0 Å². The third-order valence-electron chi connectivity index (χ3n) is 2.23. The minimum atomic E-state index is 0.512. The van der Waals surface area contributed by atoms with Crippen LogP contribution in [0.4, 0.5) is 0 Å². The van der Waals surface area contributed by atoms with Crippen molar-refractivity contribution >= 4 is 0 Å². The van der Waals surface area contributed by atoms with Gasteiger partial charge in [-0.3, -0.25) is 0 Å². The molecular formula is C12H12N2O2. The second kappa shape index (κ2) is 4.61. The van der Waals surface area contributed by atoms with Crippen LogP contribution in [0.25, 0.3) is 11.1 Å². The number of hydrogen-bond donors (Lipinski definition) is 0. The summed E-state index contributed by atoms with van der Waals surface area (Å²) in [6, 6.07) is 9.77. The van der Waals surface area contributed by atoms with Gasteiger partial charge in [0, 0.05) is 0 Å². The zero-order valence-electron chi connectivity index (χ0n) is 9.18. The molecule has 0 saturated heterocycles. The van der Waals surface area contributed by atoms with Crippen LogP contribution in [0.15, 0.2) is 36.7 Å². The van der Waals surface area contributed by atoms with Gasteiger partial charge in [0.15, 0.2) is 0 Å². The number of nitrogens with zero attached hydrogens (tertiary/aromatic N) is 2. The van der Waals surface area contributed by atoms with Gasteiger partial charge in [0.05, 0.1) is 14.2 Å². The summed E-state index contributed by atoms with van der Waals surface area (Å²) in [5, 5.41) is 0. The van der Waals surface area contributed by atoms with Crippen molar-refractivity contribution in [1.29, 1.82) is 0 Å². The van der Waals surface area contributed by atoms with Crippen molar-refractivity contribution in [3.63, 3.8) is 0 Å². The number of hydrogen-bond acceptors (Lipinski definition) is 4. The van der Waals surface area contributed by atoms with Gasteiger partial charge in [0.2, 0.25) is 11.8 Å². The lowest BCUT2D eigenvalue weighted by Gasteiger charge is -2.10. The highest BCUT2D eigenvalue weighted by Gasteiger charge is 2.14. The summed E-state index contributed by atoms with van der Waals surface area (Å²) in [6.45, 7) is 0. The molecule has 82 valence electrons. The van der Waals surface area contributed by atoms with E-state index in [1.54, 1.807) is 14.2 Å². The van der Waals surface area contributed by atoms with Crippen molar-refractivity contribution in [1.82, 2.24) is 9.97 Å². The van der Waals surface area contributed by atoms with E-state index in [4.69, 9.17) is 9.47 Å². The van der Waals surface area contributed by atoms with Crippen LogP contribution in [0.2, 0.25) is 0 Å². The first-order chi connectivity index (χ1) is 7.86. The summed E-state index contributed by atoms with van der Waals surface area (Å²) in [4.78, 5) is 8.14. The Kier molecular flexibility index (Phi) is 3.00. The highest BCUT2D eigenvalue weighted by molar-refractivity contribution is 5.73. The number of benzene rings is 1. The lowest BCUT2D eigenvalue weighted by molar-refractivity contribution is 0.375. The molecule has 2 rings (SSSR count). The Balaban J connectivity index is 2.62. The zero-order chi connectivity index (χ0) is 11.4. The Labute approximate surface area is 93.9 Å². The van der Waals surface area contributed by atoms with Crippen molar-refractivity contribution < 1.29 is 9.47 Å². The summed E-state index contributed by atoms with van der Waals surface area (Å²) in [6.07, 6.45) is 1.42. The number of aromatic nitrogens is 2. The number of rotatable bonds is 3. The maximum Gasteiger partial charge on any atom is 0.228 e. The normalized spacial score (nSPS) is 9.88. The molecule has 0 bridgehead atoms. The maximum atomic E-state index is 5.21. The number of methoxy groups -OCH3 is 2. The van der Waals surface area contributed by atoms with Crippen LogP contribution in [-0.4, -0.2) is 24.2 Å². The van der Waals surface area contributed by atoms with E-state index in [0.29, 0.717) is 11.8 Å². The lowest BCUT2D eigenvalue weighted by atomic mass is 10.1. The molecule has 4 nitrogen and oxygen atoms in total. The molecular weight excluding hydrogens is 204 g/mol. The van der Waals surface area contributed by atoms with E-state index in [1.165, 1.54) is 6.33 Å². The second-order valence-electron chi connectivity index (χ2n) is 3.13. The van der Waals surface area contributed by atoms with E-state index < -0.39 is 0 Å². The van der Waals surface area contributed by atoms with Gasteiger partial charge in [0.1, 0.15) is 11.9 Å². The molecule has 0 aliphatic heterocycles. The van der Waals surface area contributed by atoms with E-state index in [2.05, 4.69) is 9.97 Å². The minimum Gasteiger partial charge on any atom is -0.480 e. The molecule has 1 aromatic heterocycles. The molecule has 0 unspecified atom stereocenters. The van der Waals surface area contributed by atoms with Gasteiger partial charge >= 0.3 is 0 Å². The van der Waals surface area contributed by atoms with Crippen LogP contribution >= 0.6 is 0 Å². The summed E-state index contributed by atoms with van der Waals surface area (Å²) >= 11 is 0. The molecule has 1 aromatic carbocycles. The zero-order valence-corrected chi connectivity index (χ0v) is 9.18. The SMILES string of the molecule is COc1ncnc(OC)c1-c1ccccc1. The second-order valence-corrected chi connectivity index (χ2v) is 3.13. The Morgan fingerprint density at radius 2 is 1.44 bits per heavy atom. The molecule has 0 spiro atoms. The van der Waals surface area contributed by atoms with Crippen molar-refractivity contribution in [3.05, 3.63) is 36.7 Å². The predicted molar refractivity (Wildman–Crippen MR) is 60.6 cm³/mol. The fourth-order valence-electron chi connectivity index (χ4n) is 1.52. The van der Waals surface area contributed by atoms with Crippen molar-refractivity contribution in [2.45, 2.75) is 0 Å². The Morgan fingerprint density at radius 3 is 1.94 bits per heavy atom. The van der Waals surface area contributed by atoms with E-state index in [1.807, 2.05) is 30.3 Å². The monoisotopic (exact) mass is 216 g/mol. The van der Waals surface area contributed by atoms with Gasteiger partial charge in [-0.15, -0.1) is 0 Å². The number of ether oxygens (including phenoxy) is 2. The summed E-state index contributed by atoms with van der Waals surface area (Å²) in [7, 11) is 3.16. The van der Waals surface area contributed by atoms with Crippen LogP contribution in [0.1, 0.15) is 0 Å². The molecule has 2 aromatic rings. The molecule has 0 N–H and O–H groups in total. The fraction of sp³-hybridized carbons (Fsp3) is 0.167. The first-order valence-corrected chi connectivity index (χ1v) is 4.85. The first kappa shape index (κ1) is 10.4. The van der Waals surface area contributed by atoms with Gasteiger partial charge < -0.3 is 9.47 Å². The van der Waals surface area contributed by atoms with Crippen molar-refractivity contribution in [3.8, 4) is 22.9 Å². The van der Waals surface area contributed by atoms with Crippen LogP contribution in [-0.2, 0) is 0 Å². The largest absolute Gasteiger partial charge is 0.480 e. The standard InChI is InChI=1S/C12H12N2O2/c1-15-11-10(9-6-4-3-5-7-9)12(16-2)14-8-13-11/h3-8H,1-2H3. The fourth-order valence-corrected chi connectivity index (χ4v) is 1.52. The first-order valence-electron chi connectivity index (χ1n) is 4.85. The Morgan fingerprint density at radius 1 is 0.875 bits per heavy atom. The summed E-state index contributed by atoms with van der Waals surface area (Å²) < 4.78 is 10.4. The van der Waals surface area contributed by atoms with Gasteiger partial charge in [0.25, 0.3) is 0 Å². The highest BCUT2D eigenvalue weighted by Crippen LogP contribution is 2.34. The van der Waals surface area contributed by atoms with E-state index >= 15 is 0 Å². The molecule has 0 amide bonds. The van der Waals surface area contributed by atoms with Crippen LogP contribution in [0.3, 0.4) is 0 Å². The molecule has 0 aliphatic carbocycles. The van der Waals surface area contributed by atoms with Gasteiger partial charge in [-0.05, 0) is 5.56 Å². The average molecular weight is 216 g/mol. The quantitative estimate of drug-likeness (QED) is 0.788. The smallest absolute Gasteiger partial charge is 0.228 e. The molecule has 1 heterocycles. The topological polar surface area (TPSA) is 44.2 Å². The van der Waals surface area contributed by atoms with Crippen molar-refractivity contribution in [2.75, 3.05) is 14.2 Å². The molecule has 0 fully saturated rings. The minimum absolute atomic E-state index is 0.512. The third-order valence-corrected chi connectivity index (χ3v) is 2.23. The summed E-state index contributed by atoms with van der Waals surface area (Å²) in [5.74, 6) is 1.02. The molecule has 0 saturated carbocycles. The lowest BCUT2D eigenvalue weighted by Crippen LogP contribution is -1.97. The molecule has 0 radical (unpaired) electrons. The van der Waals surface area contributed by atoms with E-state index in [0.717, 1.165) is 11.1 Å². The van der Waals surface area contributed by atoms with Gasteiger partial charge in [-0.2, -0.15) is 0 Å². The average Bonchev–Trinajstić information content (AvgIpc) is 2.38. The van der Waals surface area contributed by atoms with Gasteiger partial charge in [-0.1, -0.05) is 30.3 Å². The summed E-state index contributed by atoms with van der Waals surface area (Å²) in [5.41, 5.74) is 1.74. The third kappa shape index (κ3) is 1.82. The highest BCUT2D eigenvalue weighted by atomic mass is 16.5. The van der Waals surface area contributed by atoms with Crippen molar-refractivity contribution in [2.24, 2.45) is 0 Å². The van der Waals surface area contributed by atoms with Crippen LogP contribution in [0.5, 0.6) is 11.8 Å². The molecule has 4 heteroatoms. The maximum absolute atomic E-state index is 5.21. The molecule has 0 atom stereocenters. The van der Waals surface area contributed by atoms with E-state index in [9.17, 15) is 0 Å². The predicted octanol–water partition coefficient (Wildman–Crippen LogP) is 2.16. The molecule has 16 heavy (non-hydrogen) atoms. The van der Waals surface area contributed by atoms with Crippen LogP contribution < -0.4 is 9.47 Å². The van der Waals surface area contributed by atoms with Crippen LogP contribution in [0, 0.1) is 0 Å². The Hall–Kier alpha value is -2.10. The van der Waals surface area contributed by atoms with Gasteiger partial charge in [-0.25, -0.2) is 9.97 Å². The Bertz CT molecular complexity index is 449. The molecule has 0 aliphatic rings.